The lowest BCUT2D eigenvalue weighted by Crippen LogP contribution is -1.92. The second-order valence-corrected chi connectivity index (χ2v) is 5.84. The fourth-order valence-electron chi connectivity index (χ4n) is 1.60. The van der Waals surface area contributed by atoms with Gasteiger partial charge in [-0.05, 0) is 42.7 Å². The zero-order valence-corrected chi connectivity index (χ0v) is 12.0. The molecule has 0 aliphatic carbocycles. The standard InChI is InChI=1S/C13H9Cl2PS/c14-11-5-1-9(2-6-11)13(16-17)10-3-7-12(15)8-4-10/h1-8,13H. The maximum atomic E-state index is 5.88. The second kappa shape index (κ2) is 5.93. The normalized spacial score (nSPS) is 11.0. The van der Waals surface area contributed by atoms with Crippen LogP contribution in [0.2, 0.25) is 10.0 Å². The summed E-state index contributed by atoms with van der Waals surface area (Å²) in [6, 6.07) is 15.6. The SMILES string of the molecule is S=PC(c1ccc(Cl)cc1)c1ccc(Cl)cc1. The Morgan fingerprint density at radius 1 is 0.765 bits per heavy atom. The molecule has 0 aromatic heterocycles. The van der Waals surface area contributed by atoms with Gasteiger partial charge in [-0.15, -0.1) is 0 Å². The monoisotopic (exact) mass is 298 g/mol. The van der Waals surface area contributed by atoms with Crippen LogP contribution in [0.4, 0.5) is 0 Å². The van der Waals surface area contributed by atoms with Crippen molar-refractivity contribution in [3.63, 3.8) is 0 Å². The van der Waals surface area contributed by atoms with Gasteiger partial charge in [-0.25, -0.2) is 0 Å². The first-order chi connectivity index (χ1) is 8.20. The highest BCUT2D eigenvalue weighted by molar-refractivity contribution is 7.96. The van der Waals surface area contributed by atoms with Crippen LogP contribution >= 0.6 is 30.6 Å². The predicted octanol–water partition coefficient (Wildman–Crippen LogP) is 5.49. The Labute approximate surface area is 117 Å². The van der Waals surface area contributed by atoms with E-state index in [1.165, 1.54) is 11.1 Å². The summed E-state index contributed by atoms with van der Waals surface area (Å²) in [5.41, 5.74) is 2.54. The van der Waals surface area contributed by atoms with Crippen LogP contribution in [-0.2, 0) is 11.8 Å². The first kappa shape index (κ1) is 13.0. The number of benzene rings is 2. The predicted molar refractivity (Wildman–Crippen MR) is 79.0 cm³/mol. The van der Waals surface area contributed by atoms with E-state index in [0.29, 0.717) is 0 Å². The summed E-state index contributed by atoms with van der Waals surface area (Å²) in [6.45, 7) is 0. The van der Waals surface area contributed by atoms with Gasteiger partial charge in [0.2, 0.25) is 0 Å². The molecule has 0 nitrogen and oxygen atoms in total. The highest BCUT2D eigenvalue weighted by atomic mass is 35.5. The minimum Gasteiger partial charge on any atom is -0.0843 e. The van der Waals surface area contributed by atoms with Crippen LogP contribution in [0.1, 0.15) is 16.8 Å². The molecule has 0 spiro atoms. The summed E-state index contributed by atoms with van der Waals surface area (Å²) in [7, 11) is 0.890. The van der Waals surface area contributed by atoms with Crippen molar-refractivity contribution in [3.8, 4) is 0 Å². The summed E-state index contributed by atoms with van der Waals surface area (Å²) >= 11 is 17.0. The van der Waals surface area contributed by atoms with Crippen LogP contribution in [0.15, 0.2) is 48.5 Å². The van der Waals surface area contributed by atoms with Crippen LogP contribution in [-0.4, -0.2) is 0 Å². The Morgan fingerprint density at radius 2 is 1.12 bits per heavy atom. The van der Waals surface area contributed by atoms with E-state index >= 15 is 0 Å². The van der Waals surface area contributed by atoms with E-state index in [1.54, 1.807) is 0 Å². The maximum Gasteiger partial charge on any atom is 0.0612 e. The molecule has 0 saturated heterocycles. The molecule has 2 aromatic carbocycles. The van der Waals surface area contributed by atoms with E-state index < -0.39 is 0 Å². The van der Waals surface area contributed by atoms with Gasteiger partial charge in [0.15, 0.2) is 0 Å². The molecule has 0 unspecified atom stereocenters. The van der Waals surface area contributed by atoms with Crippen molar-refractivity contribution in [1.29, 1.82) is 0 Å². The zero-order valence-electron chi connectivity index (χ0n) is 8.81. The molecule has 86 valence electrons. The first-order valence-electron chi connectivity index (χ1n) is 5.04. The molecule has 0 heterocycles. The van der Waals surface area contributed by atoms with E-state index in [9.17, 15) is 0 Å². The number of hydrogen-bond donors (Lipinski definition) is 0. The molecule has 0 bridgehead atoms. The Kier molecular flexibility index (Phi) is 4.53. The van der Waals surface area contributed by atoms with E-state index in [1.807, 2.05) is 48.5 Å². The molecule has 0 amide bonds. The molecule has 0 aliphatic heterocycles. The van der Waals surface area contributed by atoms with Gasteiger partial charge in [0.25, 0.3) is 0 Å². The van der Waals surface area contributed by atoms with Crippen molar-refractivity contribution in [2.45, 2.75) is 5.66 Å². The summed E-state index contributed by atoms with van der Waals surface area (Å²) in [5.74, 6) is 0. The van der Waals surface area contributed by atoms with Gasteiger partial charge >= 0.3 is 0 Å². The topological polar surface area (TPSA) is 0 Å². The molecule has 17 heavy (non-hydrogen) atoms. The minimum atomic E-state index is 0.194. The Bertz CT molecular complexity index is 462. The fraction of sp³-hybridized carbons (Fsp3) is 0.0769. The third kappa shape index (κ3) is 3.26. The summed E-state index contributed by atoms with van der Waals surface area (Å²) < 4.78 is 0. The molecular weight excluding hydrogens is 290 g/mol. The van der Waals surface area contributed by atoms with Crippen LogP contribution < -0.4 is 0 Å². The van der Waals surface area contributed by atoms with E-state index in [-0.39, 0.29) is 5.66 Å². The Hall–Kier alpha value is -0.460. The average molecular weight is 299 g/mol. The Morgan fingerprint density at radius 3 is 1.41 bits per heavy atom. The van der Waals surface area contributed by atoms with Gasteiger partial charge in [0, 0.05) is 10.0 Å². The molecule has 0 saturated carbocycles. The van der Waals surface area contributed by atoms with E-state index in [0.717, 1.165) is 17.4 Å². The van der Waals surface area contributed by atoms with Crippen LogP contribution in [0.3, 0.4) is 0 Å². The van der Waals surface area contributed by atoms with Crippen molar-refractivity contribution in [2.24, 2.45) is 0 Å². The lowest BCUT2D eigenvalue weighted by atomic mass is 10.0. The lowest BCUT2D eigenvalue weighted by molar-refractivity contribution is 1.16. The molecule has 0 fully saturated rings. The molecule has 0 atom stereocenters. The maximum absolute atomic E-state index is 5.88. The van der Waals surface area contributed by atoms with Crippen LogP contribution in [0.5, 0.6) is 0 Å². The quantitative estimate of drug-likeness (QED) is 0.675. The van der Waals surface area contributed by atoms with E-state index in [4.69, 9.17) is 35.0 Å². The zero-order chi connectivity index (χ0) is 12.3. The molecule has 0 aliphatic rings. The van der Waals surface area contributed by atoms with Crippen molar-refractivity contribution in [2.75, 3.05) is 0 Å². The van der Waals surface area contributed by atoms with Gasteiger partial charge in [-0.1, -0.05) is 59.3 Å². The van der Waals surface area contributed by atoms with Gasteiger partial charge in [-0.3, -0.25) is 0 Å². The third-order valence-corrected chi connectivity index (χ3v) is 4.42. The Balaban J connectivity index is 2.36. The number of halogens is 2. The second-order valence-electron chi connectivity index (χ2n) is 3.61. The summed E-state index contributed by atoms with van der Waals surface area (Å²) in [4.78, 5) is 0. The average Bonchev–Trinajstić information content (AvgIpc) is 2.35. The van der Waals surface area contributed by atoms with Gasteiger partial charge in [0.1, 0.15) is 0 Å². The van der Waals surface area contributed by atoms with Crippen molar-refractivity contribution in [3.05, 3.63) is 69.7 Å². The first-order valence-corrected chi connectivity index (χ1v) is 7.77. The summed E-state index contributed by atoms with van der Waals surface area (Å²) in [6.07, 6.45) is 0. The van der Waals surface area contributed by atoms with Gasteiger partial charge in [0.05, 0.1) is 5.66 Å². The van der Waals surface area contributed by atoms with Gasteiger partial charge < -0.3 is 0 Å². The molecule has 4 heteroatoms. The highest BCUT2D eigenvalue weighted by Gasteiger charge is 2.11. The smallest absolute Gasteiger partial charge is 0.0612 e. The van der Waals surface area contributed by atoms with Crippen molar-refractivity contribution in [1.82, 2.24) is 0 Å². The molecule has 2 aromatic rings. The van der Waals surface area contributed by atoms with E-state index in [2.05, 4.69) is 0 Å². The van der Waals surface area contributed by atoms with Crippen LogP contribution in [0, 0.1) is 0 Å². The van der Waals surface area contributed by atoms with Crippen molar-refractivity contribution < 1.29 is 0 Å². The highest BCUT2D eigenvalue weighted by Crippen LogP contribution is 2.35. The fourth-order valence-corrected chi connectivity index (χ4v) is 3.17. The number of hydrogen-bond acceptors (Lipinski definition) is 1. The number of rotatable bonds is 3. The van der Waals surface area contributed by atoms with Gasteiger partial charge in [-0.2, -0.15) is 0 Å². The molecule has 2 rings (SSSR count). The largest absolute Gasteiger partial charge is 0.0843 e. The third-order valence-electron chi connectivity index (χ3n) is 2.48. The molecule has 0 N–H and O–H groups in total. The molecule has 0 radical (unpaired) electrons. The van der Waals surface area contributed by atoms with Crippen LogP contribution in [0.25, 0.3) is 0 Å². The van der Waals surface area contributed by atoms with Crippen molar-refractivity contribution >= 4 is 42.4 Å². The minimum absolute atomic E-state index is 0.194. The lowest BCUT2D eigenvalue weighted by Gasteiger charge is -2.12. The summed E-state index contributed by atoms with van der Waals surface area (Å²) in [5, 5.41) is 1.48. The molecular formula is C13H9Cl2PS.